The molecule has 0 aliphatic carbocycles. The maximum atomic E-state index is 8.88. The van der Waals surface area contributed by atoms with E-state index in [-0.39, 0.29) is 11.8 Å². The fourth-order valence-corrected chi connectivity index (χ4v) is 0.582. The molecule has 0 amide bonds. The van der Waals surface area contributed by atoms with Crippen molar-refractivity contribution in [2.45, 2.75) is 6.92 Å². The zero-order valence-electron chi connectivity index (χ0n) is 5.29. The molecule has 0 spiro atoms. The van der Waals surface area contributed by atoms with E-state index in [0.29, 0.717) is 5.82 Å². The van der Waals surface area contributed by atoms with Gasteiger partial charge in [0.2, 0.25) is 0 Å². The van der Waals surface area contributed by atoms with Crippen LogP contribution in [0.3, 0.4) is 0 Å². The average molecular weight is 128 g/mol. The predicted octanol–water partition coefficient (Wildman–Crippen LogP) is 0.140. The fourth-order valence-electron chi connectivity index (χ4n) is 0.582. The van der Waals surface area contributed by atoms with Crippen molar-refractivity contribution in [3.8, 4) is 11.8 Å². The van der Waals surface area contributed by atoms with E-state index >= 15 is 0 Å². The van der Waals surface area contributed by atoms with E-state index in [4.69, 9.17) is 10.2 Å². The van der Waals surface area contributed by atoms with E-state index in [9.17, 15) is 0 Å². The lowest BCUT2D eigenvalue weighted by molar-refractivity contribution is 0.373. The minimum atomic E-state index is -0.310. The maximum absolute atomic E-state index is 8.88. The summed E-state index contributed by atoms with van der Waals surface area (Å²) in [5.41, 5.74) is 0. The molecule has 1 aromatic rings. The molecule has 1 heterocycles. The molecule has 0 radical (unpaired) electrons. The van der Waals surface area contributed by atoms with Crippen LogP contribution in [-0.2, 0) is 7.05 Å². The van der Waals surface area contributed by atoms with E-state index < -0.39 is 0 Å². The summed E-state index contributed by atoms with van der Waals surface area (Å²) < 4.78 is 1.40. The molecule has 1 aromatic heterocycles. The molecule has 0 saturated heterocycles. The first-order valence-electron chi connectivity index (χ1n) is 2.54. The van der Waals surface area contributed by atoms with Crippen LogP contribution in [0.5, 0.6) is 11.8 Å². The Bertz CT molecular complexity index is 207. The van der Waals surface area contributed by atoms with Gasteiger partial charge in [0.1, 0.15) is 5.82 Å². The highest BCUT2D eigenvalue weighted by Crippen LogP contribution is 2.22. The van der Waals surface area contributed by atoms with Gasteiger partial charge in [0, 0.05) is 7.05 Å². The maximum Gasteiger partial charge on any atom is 0.275 e. The smallest absolute Gasteiger partial charge is 0.275 e. The number of hydrogen-bond acceptors (Lipinski definition) is 3. The van der Waals surface area contributed by atoms with E-state index in [1.807, 2.05) is 0 Å². The van der Waals surface area contributed by atoms with Gasteiger partial charge in [0.05, 0.1) is 0 Å². The Kier molecular flexibility index (Phi) is 1.09. The standard InChI is InChI=1S/C5H8N2O2/c1-3-6-4(8)5(9)7(3)2/h8-9H,1-2H3. The Morgan fingerprint density at radius 2 is 2.00 bits per heavy atom. The molecule has 1 rings (SSSR count). The number of aryl methyl sites for hydroxylation is 1. The Labute approximate surface area is 52.4 Å². The van der Waals surface area contributed by atoms with Gasteiger partial charge in [-0.1, -0.05) is 0 Å². The highest BCUT2D eigenvalue weighted by Gasteiger charge is 2.07. The molecule has 0 aromatic carbocycles. The molecule has 50 valence electrons. The molecule has 9 heavy (non-hydrogen) atoms. The molecule has 0 unspecified atom stereocenters. The molecule has 0 aliphatic heterocycles. The van der Waals surface area contributed by atoms with Crippen LogP contribution in [0.1, 0.15) is 5.82 Å². The summed E-state index contributed by atoms with van der Waals surface area (Å²) in [4.78, 5) is 3.58. The third-order valence-electron chi connectivity index (χ3n) is 1.27. The Morgan fingerprint density at radius 1 is 1.44 bits per heavy atom. The van der Waals surface area contributed by atoms with Crippen LogP contribution in [0.25, 0.3) is 0 Å². The van der Waals surface area contributed by atoms with Crippen LogP contribution < -0.4 is 0 Å². The molecule has 0 aliphatic rings. The first kappa shape index (κ1) is 5.94. The van der Waals surface area contributed by atoms with Gasteiger partial charge >= 0.3 is 0 Å². The number of imidazole rings is 1. The van der Waals surface area contributed by atoms with Gasteiger partial charge in [0.25, 0.3) is 11.8 Å². The van der Waals surface area contributed by atoms with Crippen molar-refractivity contribution >= 4 is 0 Å². The molecule has 2 N–H and O–H groups in total. The van der Waals surface area contributed by atoms with Crippen molar-refractivity contribution in [1.82, 2.24) is 9.55 Å². The Balaban J connectivity index is 3.29. The normalized spacial score (nSPS) is 10.0. The van der Waals surface area contributed by atoms with Gasteiger partial charge in [-0.15, -0.1) is 0 Å². The van der Waals surface area contributed by atoms with Crippen molar-refractivity contribution in [3.63, 3.8) is 0 Å². The van der Waals surface area contributed by atoms with Gasteiger partial charge in [-0.05, 0) is 6.92 Å². The second-order valence-electron chi connectivity index (χ2n) is 1.87. The largest absolute Gasteiger partial charge is 0.491 e. The summed E-state index contributed by atoms with van der Waals surface area (Å²) in [5.74, 6) is 0.0903. The zero-order chi connectivity index (χ0) is 7.02. The number of aromatic hydroxyl groups is 2. The van der Waals surface area contributed by atoms with Crippen LogP contribution >= 0.6 is 0 Å². The third kappa shape index (κ3) is 0.718. The van der Waals surface area contributed by atoms with Crippen molar-refractivity contribution in [2.24, 2.45) is 7.05 Å². The van der Waals surface area contributed by atoms with Gasteiger partial charge in [-0.3, -0.25) is 4.57 Å². The van der Waals surface area contributed by atoms with E-state index in [0.717, 1.165) is 0 Å². The zero-order valence-corrected chi connectivity index (χ0v) is 5.29. The second kappa shape index (κ2) is 1.65. The summed E-state index contributed by atoms with van der Waals surface area (Å²) in [6.07, 6.45) is 0. The lowest BCUT2D eigenvalue weighted by atomic mass is 10.7. The number of aromatic nitrogens is 2. The number of hydrogen-bond donors (Lipinski definition) is 2. The third-order valence-corrected chi connectivity index (χ3v) is 1.27. The highest BCUT2D eigenvalue weighted by atomic mass is 16.3. The highest BCUT2D eigenvalue weighted by molar-refractivity contribution is 5.25. The van der Waals surface area contributed by atoms with Crippen LogP contribution in [0, 0.1) is 6.92 Å². The lowest BCUT2D eigenvalue weighted by Gasteiger charge is -1.92. The van der Waals surface area contributed by atoms with Crippen molar-refractivity contribution in [1.29, 1.82) is 0 Å². The molecule has 0 fully saturated rings. The van der Waals surface area contributed by atoms with E-state index in [1.165, 1.54) is 4.57 Å². The summed E-state index contributed by atoms with van der Waals surface area (Å²) >= 11 is 0. The predicted molar refractivity (Wildman–Crippen MR) is 31.3 cm³/mol. The average Bonchev–Trinajstić information content (AvgIpc) is 1.98. The fraction of sp³-hybridized carbons (Fsp3) is 0.400. The summed E-state index contributed by atoms with van der Waals surface area (Å²) in [5, 5.41) is 17.6. The van der Waals surface area contributed by atoms with E-state index in [1.54, 1.807) is 14.0 Å². The van der Waals surface area contributed by atoms with Crippen LogP contribution in [0.2, 0.25) is 0 Å². The minimum Gasteiger partial charge on any atom is -0.491 e. The SMILES string of the molecule is Cc1nc(O)c(O)n1C. The second-order valence-corrected chi connectivity index (χ2v) is 1.87. The van der Waals surface area contributed by atoms with Gasteiger partial charge in [0.15, 0.2) is 0 Å². The lowest BCUT2D eigenvalue weighted by Crippen LogP contribution is -1.88. The Hall–Kier alpha value is -1.19. The molecular formula is C5H8N2O2. The first-order chi connectivity index (χ1) is 4.13. The molecule has 0 atom stereocenters. The molecule has 0 bridgehead atoms. The van der Waals surface area contributed by atoms with Crippen molar-refractivity contribution in [2.75, 3.05) is 0 Å². The summed E-state index contributed by atoms with van der Waals surface area (Å²) in [6.45, 7) is 1.69. The Morgan fingerprint density at radius 3 is 2.11 bits per heavy atom. The molecule has 4 nitrogen and oxygen atoms in total. The van der Waals surface area contributed by atoms with Crippen LogP contribution in [0.15, 0.2) is 0 Å². The van der Waals surface area contributed by atoms with Gasteiger partial charge in [-0.2, -0.15) is 4.98 Å². The molecule has 4 heteroatoms. The van der Waals surface area contributed by atoms with Gasteiger partial charge in [-0.25, -0.2) is 0 Å². The van der Waals surface area contributed by atoms with Crippen LogP contribution in [0.4, 0.5) is 0 Å². The minimum absolute atomic E-state index is 0.187. The number of nitrogens with zero attached hydrogens (tertiary/aromatic N) is 2. The monoisotopic (exact) mass is 128 g/mol. The van der Waals surface area contributed by atoms with Crippen molar-refractivity contribution in [3.05, 3.63) is 5.82 Å². The first-order valence-corrected chi connectivity index (χ1v) is 2.54. The van der Waals surface area contributed by atoms with Gasteiger partial charge < -0.3 is 10.2 Å². The topological polar surface area (TPSA) is 58.3 Å². The summed E-state index contributed by atoms with van der Waals surface area (Å²) in [6, 6.07) is 0. The summed E-state index contributed by atoms with van der Waals surface area (Å²) in [7, 11) is 1.62. The van der Waals surface area contributed by atoms with E-state index in [2.05, 4.69) is 4.98 Å². The van der Waals surface area contributed by atoms with Crippen molar-refractivity contribution < 1.29 is 10.2 Å². The quantitative estimate of drug-likeness (QED) is 0.522. The molecular weight excluding hydrogens is 120 g/mol. The number of rotatable bonds is 0. The van der Waals surface area contributed by atoms with Crippen LogP contribution in [-0.4, -0.2) is 19.8 Å². The molecule has 0 saturated carbocycles.